The molecule has 0 saturated heterocycles. The highest BCUT2D eigenvalue weighted by Gasteiger charge is 2.25. The first-order valence-corrected chi connectivity index (χ1v) is 8.75. The Hall–Kier alpha value is -2.89. The predicted molar refractivity (Wildman–Crippen MR) is 99.2 cm³/mol. The third-order valence-corrected chi connectivity index (χ3v) is 4.39. The van der Waals surface area contributed by atoms with Crippen molar-refractivity contribution in [3.63, 3.8) is 0 Å². The number of nitrogens with zero attached hydrogens (tertiary/aromatic N) is 2. The average molecular weight is 353 g/mol. The van der Waals surface area contributed by atoms with Crippen LogP contribution in [-0.4, -0.2) is 35.0 Å². The zero-order valence-corrected chi connectivity index (χ0v) is 15.3. The number of aryl methyl sites for hydroxylation is 2. The van der Waals surface area contributed by atoms with Crippen molar-refractivity contribution in [1.29, 1.82) is 0 Å². The minimum absolute atomic E-state index is 0.177. The van der Waals surface area contributed by atoms with E-state index in [1.54, 1.807) is 24.2 Å². The van der Waals surface area contributed by atoms with Gasteiger partial charge in [0.15, 0.2) is 0 Å². The van der Waals surface area contributed by atoms with Gasteiger partial charge in [0.25, 0.3) is 5.91 Å². The molecule has 0 unspecified atom stereocenters. The van der Waals surface area contributed by atoms with Crippen LogP contribution < -0.4 is 5.32 Å². The molecule has 1 aromatic heterocycles. The molecule has 2 heterocycles. The minimum Gasteiger partial charge on any atom is -0.450 e. The van der Waals surface area contributed by atoms with E-state index in [4.69, 9.17) is 4.74 Å². The van der Waals surface area contributed by atoms with E-state index >= 15 is 0 Å². The number of aromatic nitrogens is 1. The third-order valence-electron chi connectivity index (χ3n) is 4.39. The van der Waals surface area contributed by atoms with Gasteiger partial charge in [-0.3, -0.25) is 9.78 Å². The second-order valence-electron chi connectivity index (χ2n) is 6.53. The zero-order chi connectivity index (χ0) is 18.7. The summed E-state index contributed by atoms with van der Waals surface area (Å²) in [6.45, 7) is 7.06. The van der Waals surface area contributed by atoms with E-state index in [0.29, 0.717) is 31.7 Å². The van der Waals surface area contributed by atoms with Gasteiger partial charge in [-0.15, -0.1) is 0 Å². The van der Waals surface area contributed by atoms with Crippen molar-refractivity contribution in [1.82, 2.24) is 9.88 Å². The number of anilines is 1. The van der Waals surface area contributed by atoms with Crippen molar-refractivity contribution in [2.24, 2.45) is 0 Å². The molecular formula is C20H23N3O3. The lowest BCUT2D eigenvalue weighted by Crippen LogP contribution is -2.37. The summed E-state index contributed by atoms with van der Waals surface area (Å²) in [5.74, 6) is -0.177. The van der Waals surface area contributed by atoms with Crippen molar-refractivity contribution in [3.05, 3.63) is 58.4 Å². The largest absolute Gasteiger partial charge is 0.450 e. The summed E-state index contributed by atoms with van der Waals surface area (Å²) in [5.41, 5.74) is 5.36. The van der Waals surface area contributed by atoms with E-state index < -0.39 is 0 Å². The van der Waals surface area contributed by atoms with Crippen LogP contribution in [0.5, 0.6) is 0 Å². The van der Waals surface area contributed by atoms with E-state index in [1.165, 1.54) is 0 Å². The maximum atomic E-state index is 12.8. The van der Waals surface area contributed by atoms with Gasteiger partial charge in [-0.1, -0.05) is 6.07 Å². The van der Waals surface area contributed by atoms with Crippen molar-refractivity contribution in [3.8, 4) is 0 Å². The van der Waals surface area contributed by atoms with Crippen LogP contribution in [0.25, 0.3) is 0 Å². The van der Waals surface area contributed by atoms with E-state index in [1.807, 2.05) is 26.0 Å². The number of hydrogen-bond acceptors (Lipinski definition) is 4. The number of carbonyl (C=O) groups is 2. The molecule has 1 aromatic carbocycles. The van der Waals surface area contributed by atoms with Gasteiger partial charge in [0.1, 0.15) is 0 Å². The van der Waals surface area contributed by atoms with Crippen LogP contribution in [0.3, 0.4) is 0 Å². The summed E-state index contributed by atoms with van der Waals surface area (Å²) in [5, 5.41) is 2.96. The Kier molecular flexibility index (Phi) is 5.21. The van der Waals surface area contributed by atoms with E-state index in [-0.39, 0.29) is 12.0 Å². The number of rotatable bonds is 3. The molecule has 3 rings (SSSR count). The Labute approximate surface area is 153 Å². The van der Waals surface area contributed by atoms with Gasteiger partial charge in [0, 0.05) is 24.6 Å². The third kappa shape index (κ3) is 3.85. The van der Waals surface area contributed by atoms with Crippen molar-refractivity contribution < 1.29 is 14.3 Å². The summed E-state index contributed by atoms with van der Waals surface area (Å²) >= 11 is 0. The molecule has 0 spiro atoms. The van der Waals surface area contributed by atoms with Crippen molar-refractivity contribution in [2.45, 2.75) is 33.7 Å². The SMILES string of the molecule is CCOC(=O)N1CCc2c(cncc2C(=O)Nc2cc(C)cc(C)c2)C1. The molecule has 2 aromatic rings. The molecule has 2 amide bonds. The molecule has 0 atom stereocenters. The first-order chi connectivity index (χ1) is 12.5. The molecule has 0 saturated carbocycles. The molecule has 6 nitrogen and oxygen atoms in total. The molecular weight excluding hydrogens is 330 g/mol. The molecule has 1 N–H and O–H groups in total. The second-order valence-corrected chi connectivity index (χ2v) is 6.53. The van der Waals surface area contributed by atoms with E-state index in [0.717, 1.165) is 27.9 Å². The molecule has 0 aliphatic carbocycles. The summed E-state index contributed by atoms with van der Waals surface area (Å²) in [6.07, 6.45) is 3.58. The van der Waals surface area contributed by atoms with Gasteiger partial charge < -0.3 is 15.0 Å². The first kappa shape index (κ1) is 17.9. The highest BCUT2D eigenvalue weighted by molar-refractivity contribution is 6.05. The van der Waals surface area contributed by atoms with Crippen molar-refractivity contribution >= 4 is 17.7 Å². The lowest BCUT2D eigenvalue weighted by Gasteiger charge is -2.28. The van der Waals surface area contributed by atoms with Gasteiger partial charge in [-0.05, 0) is 61.6 Å². The van der Waals surface area contributed by atoms with Crippen LogP contribution in [-0.2, 0) is 17.7 Å². The Balaban J connectivity index is 1.81. The molecule has 0 bridgehead atoms. The summed E-state index contributed by atoms with van der Waals surface area (Å²) < 4.78 is 5.06. The van der Waals surface area contributed by atoms with Gasteiger partial charge in [0.2, 0.25) is 0 Å². The number of hydrogen-bond donors (Lipinski definition) is 1. The van der Waals surface area contributed by atoms with Crippen molar-refractivity contribution in [2.75, 3.05) is 18.5 Å². The summed E-state index contributed by atoms with van der Waals surface area (Å²) in [4.78, 5) is 30.5. The number of carbonyl (C=O) groups excluding carboxylic acids is 2. The first-order valence-electron chi connectivity index (χ1n) is 8.75. The quantitative estimate of drug-likeness (QED) is 0.917. The maximum absolute atomic E-state index is 12.8. The highest BCUT2D eigenvalue weighted by atomic mass is 16.6. The zero-order valence-electron chi connectivity index (χ0n) is 15.3. The average Bonchev–Trinajstić information content (AvgIpc) is 2.60. The van der Waals surface area contributed by atoms with Gasteiger partial charge in [-0.25, -0.2) is 4.79 Å². The summed E-state index contributed by atoms with van der Waals surface area (Å²) in [7, 11) is 0. The second kappa shape index (κ2) is 7.56. The molecule has 0 fully saturated rings. The Morgan fingerprint density at radius 2 is 1.92 bits per heavy atom. The highest BCUT2D eigenvalue weighted by Crippen LogP contribution is 2.23. The molecule has 136 valence electrons. The molecule has 0 radical (unpaired) electrons. The number of benzene rings is 1. The number of ether oxygens (including phenoxy) is 1. The fourth-order valence-electron chi connectivity index (χ4n) is 3.31. The maximum Gasteiger partial charge on any atom is 0.410 e. The van der Waals surface area contributed by atoms with Crippen LogP contribution in [0.1, 0.15) is 39.5 Å². The van der Waals surface area contributed by atoms with Gasteiger partial charge in [0.05, 0.1) is 18.7 Å². The minimum atomic E-state index is -0.330. The fraction of sp³-hybridized carbons (Fsp3) is 0.350. The number of fused-ring (bicyclic) bond motifs is 1. The van der Waals surface area contributed by atoms with Crippen LogP contribution in [0.2, 0.25) is 0 Å². The van der Waals surface area contributed by atoms with Crippen LogP contribution in [0.4, 0.5) is 10.5 Å². The standard InChI is InChI=1S/C20H23N3O3/c1-4-26-20(25)23-6-5-17-15(12-23)10-21-11-18(17)19(24)22-16-8-13(2)7-14(3)9-16/h7-11H,4-6,12H2,1-3H3,(H,22,24). The fourth-order valence-corrected chi connectivity index (χ4v) is 3.31. The van der Waals surface area contributed by atoms with E-state index in [9.17, 15) is 9.59 Å². The normalized spacial score (nSPS) is 13.1. The monoisotopic (exact) mass is 353 g/mol. The van der Waals surface area contributed by atoms with Crippen LogP contribution >= 0.6 is 0 Å². The molecule has 6 heteroatoms. The lowest BCUT2D eigenvalue weighted by molar-refractivity contribution is 0.101. The summed E-state index contributed by atoms with van der Waals surface area (Å²) in [6, 6.07) is 5.94. The Morgan fingerprint density at radius 1 is 1.19 bits per heavy atom. The smallest absolute Gasteiger partial charge is 0.410 e. The van der Waals surface area contributed by atoms with E-state index in [2.05, 4.69) is 16.4 Å². The van der Waals surface area contributed by atoms with Crippen LogP contribution in [0.15, 0.2) is 30.6 Å². The Morgan fingerprint density at radius 3 is 2.62 bits per heavy atom. The van der Waals surface area contributed by atoms with Gasteiger partial charge >= 0.3 is 6.09 Å². The Bertz CT molecular complexity index is 828. The van der Waals surface area contributed by atoms with Crippen LogP contribution in [0, 0.1) is 13.8 Å². The number of pyridine rings is 1. The van der Waals surface area contributed by atoms with Gasteiger partial charge in [-0.2, -0.15) is 0 Å². The molecule has 26 heavy (non-hydrogen) atoms. The topological polar surface area (TPSA) is 71.5 Å². The molecule has 1 aliphatic heterocycles. The molecule has 1 aliphatic rings. The predicted octanol–water partition coefficient (Wildman–Crippen LogP) is 3.47. The number of nitrogens with one attached hydrogen (secondary N) is 1. The lowest BCUT2D eigenvalue weighted by atomic mass is 9.97. The number of amides is 2.